The summed E-state index contributed by atoms with van der Waals surface area (Å²) >= 11 is 0. The highest BCUT2D eigenvalue weighted by molar-refractivity contribution is 5.91. The quantitative estimate of drug-likeness (QED) is 0.878. The molecule has 0 unspecified atom stereocenters. The number of rotatable bonds is 3. The number of carbonyl (C=O) groups is 1. The van der Waals surface area contributed by atoms with E-state index in [1.54, 1.807) is 0 Å². The third kappa shape index (κ3) is 2.43. The highest BCUT2D eigenvalue weighted by Gasteiger charge is 2.51. The van der Waals surface area contributed by atoms with Crippen LogP contribution in [0.1, 0.15) is 50.5 Å². The summed E-state index contributed by atoms with van der Waals surface area (Å²) in [6.07, 6.45) is 8.74. The van der Waals surface area contributed by atoms with E-state index in [4.69, 9.17) is 0 Å². The van der Waals surface area contributed by atoms with Crippen LogP contribution < -0.4 is 5.32 Å². The summed E-state index contributed by atoms with van der Waals surface area (Å²) in [5, 5.41) is 3.02. The van der Waals surface area contributed by atoms with Gasteiger partial charge in [0.25, 0.3) is 0 Å². The van der Waals surface area contributed by atoms with E-state index >= 15 is 0 Å². The average molecular weight is 323 g/mol. The van der Waals surface area contributed by atoms with E-state index in [0.29, 0.717) is 12.4 Å². The van der Waals surface area contributed by atoms with Crippen molar-refractivity contribution in [1.82, 2.24) is 9.97 Å². The van der Waals surface area contributed by atoms with E-state index in [0.717, 1.165) is 28.8 Å². The van der Waals surface area contributed by atoms with Crippen molar-refractivity contribution in [3.8, 4) is 0 Å². The van der Waals surface area contributed by atoms with Crippen LogP contribution in [0.3, 0.4) is 0 Å². The number of hydrogen-bond donors (Lipinski definition) is 2. The van der Waals surface area contributed by atoms with Gasteiger partial charge in [0.05, 0.1) is 11.0 Å². The number of aromatic amines is 1. The molecule has 4 nitrogen and oxygen atoms in total. The Labute approximate surface area is 142 Å². The summed E-state index contributed by atoms with van der Waals surface area (Å²) in [7, 11) is 0. The van der Waals surface area contributed by atoms with Crippen molar-refractivity contribution in [3.05, 3.63) is 23.8 Å². The monoisotopic (exact) mass is 323 g/mol. The molecule has 4 bridgehead atoms. The zero-order chi connectivity index (χ0) is 16.3. The number of imidazole rings is 1. The second-order valence-corrected chi connectivity index (χ2v) is 8.75. The minimum Gasteiger partial charge on any atom is -0.324 e. The fourth-order valence-electron chi connectivity index (χ4n) is 6.21. The number of amides is 1. The van der Waals surface area contributed by atoms with Crippen LogP contribution in [0.5, 0.6) is 0 Å². The molecule has 0 aliphatic heterocycles. The largest absolute Gasteiger partial charge is 0.324 e. The van der Waals surface area contributed by atoms with E-state index in [-0.39, 0.29) is 11.3 Å². The Morgan fingerprint density at radius 3 is 2.54 bits per heavy atom. The highest BCUT2D eigenvalue weighted by atomic mass is 16.1. The first-order valence-corrected chi connectivity index (χ1v) is 9.33. The molecule has 0 spiro atoms. The summed E-state index contributed by atoms with van der Waals surface area (Å²) in [6, 6.07) is 6.11. The molecule has 1 heterocycles. The lowest BCUT2D eigenvalue weighted by molar-refractivity contribution is -0.124. The predicted molar refractivity (Wildman–Crippen MR) is 94.7 cm³/mol. The predicted octanol–water partition coefficient (Wildman–Crippen LogP) is 4.42. The minimum atomic E-state index is 0.132. The molecule has 4 aliphatic rings. The molecule has 2 aromatic rings. The second-order valence-electron chi connectivity index (χ2n) is 8.75. The van der Waals surface area contributed by atoms with Crippen LogP contribution in [0, 0.1) is 30.1 Å². The van der Waals surface area contributed by atoms with Crippen molar-refractivity contribution >= 4 is 22.9 Å². The number of aryl methyl sites for hydroxylation is 1. The Morgan fingerprint density at radius 1 is 1.21 bits per heavy atom. The Bertz CT molecular complexity index is 771. The summed E-state index contributed by atoms with van der Waals surface area (Å²) in [5.74, 6) is 3.38. The van der Waals surface area contributed by atoms with E-state index in [1.165, 1.54) is 44.1 Å². The summed E-state index contributed by atoms with van der Waals surface area (Å²) in [4.78, 5) is 20.4. The van der Waals surface area contributed by atoms with Crippen LogP contribution in [0.15, 0.2) is 18.2 Å². The van der Waals surface area contributed by atoms with Crippen LogP contribution in [-0.2, 0) is 4.79 Å². The molecule has 24 heavy (non-hydrogen) atoms. The third-order valence-electron chi connectivity index (χ3n) is 6.60. The van der Waals surface area contributed by atoms with Crippen molar-refractivity contribution in [1.29, 1.82) is 0 Å². The lowest BCUT2D eigenvalue weighted by Crippen LogP contribution is -2.47. The van der Waals surface area contributed by atoms with Crippen LogP contribution in [0.4, 0.5) is 5.95 Å². The molecule has 0 radical (unpaired) electrons. The molecular formula is C20H25N3O. The number of H-pyrrole nitrogens is 1. The van der Waals surface area contributed by atoms with Gasteiger partial charge in [-0.05, 0) is 86.3 Å². The number of aromatic nitrogens is 2. The number of nitrogens with one attached hydrogen (secondary N) is 2. The molecule has 1 amide bonds. The number of nitrogens with zero attached hydrogens (tertiary/aromatic N) is 1. The zero-order valence-corrected chi connectivity index (χ0v) is 14.3. The van der Waals surface area contributed by atoms with Gasteiger partial charge in [0.15, 0.2) is 0 Å². The van der Waals surface area contributed by atoms with Gasteiger partial charge >= 0.3 is 0 Å². The third-order valence-corrected chi connectivity index (χ3v) is 6.60. The number of anilines is 1. The molecule has 0 atom stereocenters. The molecular weight excluding hydrogens is 298 g/mol. The van der Waals surface area contributed by atoms with Gasteiger partial charge in [-0.25, -0.2) is 4.98 Å². The van der Waals surface area contributed by atoms with Crippen LogP contribution in [-0.4, -0.2) is 15.9 Å². The van der Waals surface area contributed by atoms with E-state index < -0.39 is 0 Å². The van der Waals surface area contributed by atoms with Crippen molar-refractivity contribution in [3.63, 3.8) is 0 Å². The molecule has 1 aromatic heterocycles. The van der Waals surface area contributed by atoms with Gasteiger partial charge in [0, 0.05) is 6.42 Å². The first-order chi connectivity index (χ1) is 11.6. The maximum Gasteiger partial charge on any atom is 0.227 e. The maximum atomic E-state index is 12.7. The summed E-state index contributed by atoms with van der Waals surface area (Å²) < 4.78 is 0. The molecule has 0 saturated heterocycles. The van der Waals surface area contributed by atoms with Gasteiger partial charge in [-0.2, -0.15) is 0 Å². The Morgan fingerprint density at radius 2 is 1.88 bits per heavy atom. The SMILES string of the molecule is Cc1ccc2nc(NC(=O)CC34CC5CC(CC(C5)C3)C4)[nH]c2c1. The van der Waals surface area contributed by atoms with Gasteiger partial charge in [0.1, 0.15) is 0 Å². The second kappa shape index (κ2) is 5.08. The molecule has 6 rings (SSSR count). The molecule has 4 saturated carbocycles. The van der Waals surface area contributed by atoms with E-state index in [2.05, 4.69) is 28.3 Å². The lowest BCUT2D eigenvalue weighted by Gasteiger charge is -2.56. The average Bonchev–Trinajstić information content (AvgIpc) is 2.85. The van der Waals surface area contributed by atoms with Crippen molar-refractivity contribution in [2.24, 2.45) is 23.2 Å². The van der Waals surface area contributed by atoms with Gasteiger partial charge in [-0.1, -0.05) is 6.07 Å². The standard InChI is InChI=1S/C20H25N3O/c1-12-2-3-16-17(4-12)22-19(21-16)23-18(24)11-20-8-13-5-14(9-20)7-15(6-13)10-20/h2-4,13-15H,5-11H2,1H3,(H2,21,22,23,24). The topological polar surface area (TPSA) is 57.8 Å². The first kappa shape index (κ1) is 14.5. The maximum absolute atomic E-state index is 12.7. The van der Waals surface area contributed by atoms with E-state index in [9.17, 15) is 4.79 Å². The minimum absolute atomic E-state index is 0.132. The summed E-state index contributed by atoms with van der Waals surface area (Å²) in [6.45, 7) is 2.06. The molecule has 1 aromatic carbocycles. The van der Waals surface area contributed by atoms with Gasteiger partial charge in [-0.3, -0.25) is 10.1 Å². The molecule has 2 N–H and O–H groups in total. The van der Waals surface area contributed by atoms with Crippen molar-refractivity contribution in [2.75, 3.05) is 5.32 Å². The smallest absolute Gasteiger partial charge is 0.227 e. The van der Waals surface area contributed by atoms with Crippen molar-refractivity contribution < 1.29 is 4.79 Å². The fraction of sp³-hybridized carbons (Fsp3) is 0.600. The van der Waals surface area contributed by atoms with Gasteiger partial charge in [0.2, 0.25) is 11.9 Å². The lowest BCUT2D eigenvalue weighted by atomic mass is 9.49. The fourth-order valence-corrected chi connectivity index (χ4v) is 6.21. The first-order valence-electron chi connectivity index (χ1n) is 9.33. The molecule has 4 aliphatic carbocycles. The van der Waals surface area contributed by atoms with Crippen molar-refractivity contribution in [2.45, 2.75) is 51.9 Å². The Kier molecular flexibility index (Phi) is 3.07. The van der Waals surface area contributed by atoms with E-state index in [1.807, 2.05) is 12.1 Å². The number of benzene rings is 1. The Balaban J connectivity index is 1.31. The number of fused-ring (bicyclic) bond motifs is 1. The van der Waals surface area contributed by atoms with Gasteiger partial charge < -0.3 is 4.98 Å². The van der Waals surface area contributed by atoms with Crippen LogP contribution in [0.2, 0.25) is 0 Å². The number of hydrogen-bond acceptors (Lipinski definition) is 2. The van der Waals surface area contributed by atoms with Crippen LogP contribution >= 0.6 is 0 Å². The molecule has 4 heteroatoms. The van der Waals surface area contributed by atoms with Crippen LogP contribution in [0.25, 0.3) is 11.0 Å². The number of carbonyl (C=O) groups excluding carboxylic acids is 1. The normalized spacial score (nSPS) is 34.0. The Hall–Kier alpha value is -1.84. The molecule has 4 fully saturated rings. The highest BCUT2D eigenvalue weighted by Crippen LogP contribution is 2.61. The zero-order valence-electron chi connectivity index (χ0n) is 14.3. The van der Waals surface area contributed by atoms with Gasteiger partial charge in [-0.15, -0.1) is 0 Å². The molecule has 126 valence electrons. The summed E-state index contributed by atoms with van der Waals surface area (Å²) in [5.41, 5.74) is 3.37.